The Morgan fingerprint density at radius 3 is 2.64 bits per heavy atom. The normalized spacial score (nSPS) is 13.4. The molecule has 0 aliphatic heterocycles. The largest absolute Gasteiger partial charge is 0.316 e. The van der Waals surface area contributed by atoms with Gasteiger partial charge in [0.25, 0.3) is 0 Å². The molecule has 0 radical (unpaired) electrons. The van der Waals surface area contributed by atoms with Gasteiger partial charge in [-0.25, -0.2) is 0 Å². The van der Waals surface area contributed by atoms with Gasteiger partial charge in [0, 0.05) is 12.3 Å². The highest BCUT2D eigenvalue weighted by atomic mass is 32.2. The number of thioether (sulfide) groups is 1. The second-order valence-corrected chi connectivity index (χ2v) is 4.31. The maximum atomic E-state index is 3.45. The lowest BCUT2D eigenvalue weighted by molar-refractivity contribution is 0.511. The molecule has 0 fully saturated rings. The first kappa shape index (κ1) is 11.3. The van der Waals surface area contributed by atoms with Crippen molar-refractivity contribution in [3.05, 3.63) is 0 Å². The van der Waals surface area contributed by atoms with Crippen LogP contribution in [-0.2, 0) is 0 Å². The Kier molecular flexibility index (Phi) is 8.64. The van der Waals surface area contributed by atoms with Gasteiger partial charge in [0.2, 0.25) is 0 Å². The molecule has 68 valence electrons. The predicted octanol–water partition coefficient (Wildman–Crippen LogP) is 2.38. The minimum Gasteiger partial charge on any atom is -0.316 e. The topological polar surface area (TPSA) is 12.0 Å². The van der Waals surface area contributed by atoms with E-state index in [4.69, 9.17) is 0 Å². The Morgan fingerprint density at radius 1 is 1.36 bits per heavy atom. The van der Waals surface area contributed by atoms with Crippen molar-refractivity contribution in [3.63, 3.8) is 0 Å². The highest BCUT2D eigenvalue weighted by Crippen LogP contribution is 1.98. The van der Waals surface area contributed by atoms with E-state index in [1.807, 2.05) is 11.8 Å². The van der Waals surface area contributed by atoms with Gasteiger partial charge in [0.1, 0.15) is 0 Å². The van der Waals surface area contributed by atoms with Crippen molar-refractivity contribution in [2.75, 3.05) is 24.6 Å². The summed E-state index contributed by atoms with van der Waals surface area (Å²) in [5.41, 5.74) is 0. The molecule has 0 aromatic heterocycles. The Morgan fingerprint density at radius 2 is 2.09 bits per heavy atom. The van der Waals surface area contributed by atoms with Gasteiger partial charge in [-0.05, 0) is 18.2 Å². The molecule has 0 heterocycles. The Hall–Kier alpha value is 0.310. The van der Waals surface area contributed by atoms with Gasteiger partial charge < -0.3 is 5.32 Å². The molecule has 0 rings (SSSR count). The molecule has 0 aromatic carbocycles. The number of hydrogen-bond acceptors (Lipinski definition) is 2. The molecule has 0 aromatic rings. The maximum absolute atomic E-state index is 3.45. The first-order chi connectivity index (χ1) is 5.31. The summed E-state index contributed by atoms with van der Waals surface area (Å²) >= 11 is 2.00. The second-order valence-electron chi connectivity index (χ2n) is 2.91. The third kappa shape index (κ3) is 8.21. The van der Waals surface area contributed by atoms with Crippen LogP contribution in [-0.4, -0.2) is 24.6 Å². The van der Waals surface area contributed by atoms with Gasteiger partial charge in [-0.1, -0.05) is 27.2 Å². The molecular formula is C9H21NS. The zero-order chi connectivity index (χ0) is 8.53. The van der Waals surface area contributed by atoms with Crippen LogP contribution in [0.4, 0.5) is 0 Å². The number of rotatable bonds is 7. The minimum atomic E-state index is 0.835. The van der Waals surface area contributed by atoms with Gasteiger partial charge >= 0.3 is 0 Å². The van der Waals surface area contributed by atoms with E-state index in [-0.39, 0.29) is 0 Å². The molecule has 0 bridgehead atoms. The van der Waals surface area contributed by atoms with Gasteiger partial charge in [-0.15, -0.1) is 0 Å². The molecule has 0 saturated carbocycles. The van der Waals surface area contributed by atoms with E-state index in [2.05, 4.69) is 26.1 Å². The van der Waals surface area contributed by atoms with Crippen LogP contribution >= 0.6 is 11.8 Å². The van der Waals surface area contributed by atoms with Crippen LogP contribution in [0.1, 0.15) is 27.2 Å². The van der Waals surface area contributed by atoms with Crippen molar-refractivity contribution in [3.8, 4) is 0 Å². The summed E-state index contributed by atoms with van der Waals surface area (Å²) in [7, 11) is 0. The number of hydrogen-bond donors (Lipinski definition) is 1. The van der Waals surface area contributed by atoms with Crippen molar-refractivity contribution in [1.29, 1.82) is 0 Å². The first-order valence-electron chi connectivity index (χ1n) is 4.59. The molecule has 1 atom stereocenters. The molecule has 0 amide bonds. The van der Waals surface area contributed by atoms with Crippen molar-refractivity contribution in [2.45, 2.75) is 27.2 Å². The van der Waals surface area contributed by atoms with Gasteiger partial charge in [0.15, 0.2) is 0 Å². The van der Waals surface area contributed by atoms with Crippen LogP contribution in [0.25, 0.3) is 0 Å². The molecular weight excluding hydrogens is 154 g/mol. The third-order valence-electron chi connectivity index (χ3n) is 1.82. The van der Waals surface area contributed by atoms with E-state index in [0.29, 0.717) is 0 Å². The van der Waals surface area contributed by atoms with Crippen molar-refractivity contribution < 1.29 is 0 Å². The molecule has 0 aliphatic rings. The summed E-state index contributed by atoms with van der Waals surface area (Å²) in [5.74, 6) is 3.33. The lowest BCUT2D eigenvalue weighted by atomic mass is 10.1. The second kappa shape index (κ2) is 8.41. The maximum Gasteiger partial charge on any atom is 0.00580 e. The molecule has 0 aliphatic carbocycles. The van der Waals surface area contributed by atoms with E-state index in [9.17, 15) is 0 Å². The SMILES string of the molecule is CCSCCNCC(C)CC. The quantitative estimate of drug-likeness (QED) is 0.596. The molecule has 0 spiro atoms. The zero-order valence-corrected chi connectivity index (χ0v) is 8.84. The first-order valence-corrected chi connectivity index (χ1v) is 5.75. The molecule has 1 unspecified atom stereocenters. The van der Waals surface area contributed by atoms with E-state index in [0.717, 1.165) is 5.92 Å². The van der Waals surface area contributed by atoms with Gasteiger partial charge in [0.05, 0.1) is 0 Å². The van der Waals surface area contributed by atoms with E-state index >= 15 is 0 Å². The lowest BCUT2D eigenvalue weighted by Gasteiger charge is -2.08. The highest BCUT2D eigenvalue weighted by molar-refractivity contribution is 7.99. The number of nitrogens with one attached hydrogen (secondary N) is 1. The summed E-state index contributed by atoms with van der Waals surface area (Å²) in [6, 6.07) is 0. The Balaban J connectivity index is 2.89. The fourth-order valence-electron chi connectivity index (χ4n) is 0.781. The smallest absolute Gasteiger partial charge is 0.00580 e. The van der Waals surface area contributed by atoms with Gasteiger partial charge in [-0.2, -0.15) is 11.8 Å². The molecule has 0 saturated heterocycles. The molecule has 1 N–H and O–H groups in total. The standard InChI is InChI=1S/C9H21NS/c1-4-9(3)8-10-6-7-11-5-2/h9-10H,4-8H2,1-3H3. The van der Waals surface area contributed by atoms with E-state index in [1.165, 1.54) is 31.0 Å². The zero-order valence-electron chi connectivity index (χ0n) is 8.02. The fourth-order valence-corrected chi connectivity index (χ4v) is 1.36. The molecule has 11 heavy (non-hydrogen) atoms. The Bertz CT molecular complexity index is 76.0. The summed E-state index contributed by atoms with van der Waals surface area (Å²) in [6.45, 7) is 9.09. The summed E-state index contributed by atoms with van der Waals surface area (Å²) in [4.78, 5) is 0. The van der Waals surface area contributed by atoms with Crippen LogP contribution in [0.5, 0.6) is 0 Å². The van der Waals surface area contributed by atoms with E-state index in [1.54, 1.807) is 0 Å². The lowest BCUT2D eigenvalue weighted by Crippen LogP contribution is -2.23. The average molecular weight is 175 g/mol. The third-order valence-corrected chi connectivity index (χ3v) is 2.72. The minimum absolute atomic E-state index is 0.835. The summed E-state index contributed by atoms with van der Waals surface area (Å²) in [5, 5.41) is 3.45. The van der Waals surface area contributed by atoms with Crippen molar-refractivity contribution >= 4 is 11.8 Å². The van der Waals surface area contributed by atoms with Crippen molar-refractivity contribution in [2.24, 2.45) is 5.92 Å². The van der Waals surface area contributed by atoms with Crippen LogP contribution in [0.2, 0.25) is 0 Å². The Labute approximate surface area is 75.3 Å². The highest BCUT2D eigenvalue weighted by Gasteiger charge is 1.95. The fraction of sp³-hybridized carbons (Fsp3) is 1.00. The van der Waals surface area contributed by atoms with Crippen LogP contribution < -0.4 is 5.32 Å². The van der Waals surface area contributed by atoms with Crippen LogP contribution in [0, 0.1) is 5.92 Å². The van der Waals surface area contributed by atoms with E-state index < -0.39 is 0 Å². The predicted molar refractivity (Wildman–Crippen MR) is 55.3 cm³/mol. The summed E-state index contributed by atoms with van der Waals surface area (Å²) < 4.78 is 0. The monoisotopic (exact) mass is 175 g/mol. The summed E-state index contributed by atoms with van der Waals surface area (Å²) in [6.07, 6.45) is 1.29. The average Bonchev–Trinajstić information content (AvgIpc) is 2.04. The van der Waals surface area contributed by atoms with Crippen LogP contribution in [0.15, 0.2) is 0 Å². The molecule has 2 heteroatoms. The van der Waals surface area contributed by atoms with Crippen LogP contribution in [0.3, 0.4) is 0 Å². The van der Waals surface area contributed by atoms with Crippen molar-refractivity contribution in [1.82, 2.24) is 5.32 Å². The van der Waals surface area contributed by atoms with Gasteiger partial charge in [-0.3, -0.25) is 0 Å². The molecule has 1 nitrogen and oxygen atoms in total.